The lowest BCUT2D eigenvalue weighted by atomic mass is 9.61. The van der Waals surface area contributed by atoms with Crippen molar-refractivity contribution >= 4 is 163 Å². The number of amides is 4. The Morgan fingerprint density at radius 1 is 0.343 bits per heavy atom. The van der Waals surface area contributed by atoms with E-state index in [-0.39, 0.29) is 119 Å². The third kappa shape index (κ3) is 28.5. The lowest BCUT2D eigenvalue weighted by Gasteiger charge is -2.43. The first-order valence-electron chi connectivity index (χ1n) is 42.3. The quantitative estimate of drug-likeness (QED) is 0.0183. The minimum absolute atomic E-state index is 0.0387. The van der Waals surface area contributed by atoms with Crippen molar-refractivity contribution in [2.24, 2.45) is 47.3 Å². The largest absolute Gasteiger partial charge is 0.481 e. The van der Waals surface area contributed by atoms with Gasteiger partial charge in [0.25, 0.3) is 5.92 Å². The highest BCUT2D eigenvalue weighted by Gasteiger charge is 2.61. The molecule has 0 bridgehead atoms. The van der Waals surface area contributed by atoms with Crippen LogP contribution in [0.2, 0.25) is 40.2 Å². The van der Waals surface area contributed by atoms with Crippen LogP contribution in [0.15, 0.2) is 170 Å². The molecule has 0 aromatic heterocycles. The predicted octanol–water partition coefficient (Wildman–Crippen LogP) is 28.9. The van der Waals surface area contributed by atoms with Gasteiger partial charge < -0.3 is 41.7 Å². The molecule has 4 aliphatic carbocycles. The Labute approximate surface area is 803 Å². The topological polar surface area (TPSA) is 266 Å². The van der Waals surface area contributed by atoms with Crippen LogP contribution in [0.5, 0.6) is 0 Å². The molecule has 6 unspecified atom stereocenters. The number of nitrogens with one attached hydrogen (secondary N) is 4. The van der Waals surface area contributed by atoms with Gasteiger partial charge in [-0.3, -0.25) is 38.4 Å². The monoisotopic (exact) mass is 2040 g/mol. The van der Waals surface area contributed by atoms with E-state index >= 15 is 0 Å². The maximum Gasteiger partial charge on any atom is 0.392 e. The third-order valence-electron chi connectivity index (χ3n) is 25.6. The van der Waals surface area contributed by atoms with Gasteiger partial charge in [0.1, 0.15) is 0 Å². The Morgan fingerprint density at radius 3 is 0.806 bits per heavy atom. The number of hydrogen-bond donors (Lipinski definition) is 8. The number of carboxylic acid groups (broad SMARTS) is 4. The second kappa shape index (κ2) is 45.0. The summed E-state index contributed by atoms with van der Waals surface area (Å²) in [4.78, 5) is 98.1. The molecule has 8 aromatic carbocycles. The van der Waals surface area contributed by atoms with Gasteiger partial charge in [-0.05, 0) is 204 Å². The molecule has 4 saturated carbocycles. The first-order chi connectivity index (χ1) is 62.3. The van der Waals surface area contributed by atoms with Gasteiger partial charge in [-0.1, -0.05) is 220 Å². The highest BCUT2D eigenvalue weighted by Crippen LogP contribution is 2.58. The first-order valence-corrected chi connectivity index (χ1v) is 45.3. The first kappa shape index (κ1) is 109. The van der Waals surface area contributed by atoms with E-state index in [0.717, 1.165) is 79.1 Å². The van der Waals surface area contributed by atoms with Gasteiger partial charge in [-0.15, -0.1) is 0 Å². The van der Waals surface area contributed by atoms with Crippen molar-refractivity contribution in [1.82, 2.24) is 0 Å². The number of alkyl halides is 14. The van der Waals surface area contributed by atoms with E-state index in [1.807, 2.05) is 13.8 Å². The molecule has 724 valence electrons. The fourth-order valence-electron chi connectivity index (χ4n) is 16.9. The van der Waals surface area contributed by atoms with Crippen molar-refractivity contribution in [3.63, 3.8) is 0 Å². The van der Waals surface area contributed by atoms with E-state index in [0.29, 0.717) is 31.8 Å². The van der Waals surface area contributed by atoms with Gasteiger partial charge in [-0.25, -0.2) is 8.78 Å². The molecule has 13 atom stereocenters. The Hall–Kier alpha value is -9.14. The molecule has 0 radical (unpaired) electrons. The second-order valence-electron chi connectivity index (χ2n) is 34.8. The van der Waals surface area contributed by atoms with Crippen LogP contribution in [0, 0.1) is 47.3 Å². The fourth-order valence-corrected chi connectivity index (χ4v) is 18.1. The molecule has 0 aliphatic heterocycles. The summed E-state index contributed by atoms with van der Waals surface area (Å²) in [6.45, 7) is 7.44. The number of anilines is 4. The summed E-state index contributed by atoms with van der Waals surface area (Å²) in [5, 5.41) is 49.1. The van der Waals surface area contributed by atoms with Gasteiger partial charge in [-0.2, -0.15) is 52.7 Å². The number of benzene rings is 8. The number of aliphatic carboxylic acids is 4. The zero-order chi connectivity index (χ0) is 99.6. The van der Waals surface area contributed by atoms with Crippen molar-refractivity contribution in [2.75, 3.05) is 21.3 Å². The third-order valence-corrected chi connectivity index (χ3v) is 27.9. The highest BCUT2D eigenvalue weighted by atomic mass is 35.5. The molecule has 134 heavy (non-hydrogen) atoms. The number of rotatable bonds is 32. The van der Waals surface area contributed by atoms with Crippen LogP contribution in [-0.4, -0.2) is 98.6 Å². The summed E-state index contributed by atoms with van der Waals surface area (Å²) in [6.07, 6.45) is -12.5. The van der Waals surface area contributed by atoms with Crippen LogP contribution in [-0.2, 0) is 49.2 Å². The fraction of sp³-hybridized carbons (Fsp3) is 0.417. The number of halogens is 22. The van der Waals surface area contributed by atoms with Crippen LogP contribution in [0.4, 0.5) is 84.2 Å². The van der Waals surface area contributed by atoms with E-state index in [1.54, 1.807) is 36.4 Å². The zero-order valence-corrected chi connectivity index (χ0v) is 78.4. The second-order valence-corrected chi connectivity index (χ2v) is 38.2. The predicted molar refractivity (Wildman–Crippen MR) is 488 cm³/mol. The standard InChI is InChI=1S/C25H26Cl2F3NO3.2C24H24Cl2F3NO3.C23H20Cl2F5NO3/c1-14(25(28,29)30)22(15-6-9-18(26)10-7-15)23(34)31-20-12-17(8-11-19(20)27)24(2,13-21(32)33)16-4-3-5-16;1-13(24(27,28)29)21(14-3-8-17(25)9-4-14)22(33)30-19-11-16(7-10-18(19)26)23(2,12-20(31)32)15-5-6-15;1-13(24(27,28)29)22(15-5-8-17(25)9-6-15)23(33)30-20-11-16(7-10-19(20)26)18(12-21(31)32)14-3-2-4-14;1-11(23(28,29)30)20(12-2-5-14(24)6-3-12)21(34)31-18-8-13(4-7-17(18)25)15(9-19(32)33)16-10-22(16,26)27/h6-12,14,16,22H,3-5,13H2,1-2H3,(H,31,34)(H,32,33);3-4,7-11,13,15,21H,5-6,12H2,1-2H3,(H,30,33)(H,31,32);5-11,13-14,18,22H,2-4,12H2,1H3,(H,30,33)(H,31,32);2-8,11,15-16,20H,9-10H2,1H3,(H,31,34)(H,32,33)/t14-,22+,24?;13-,21+,23?;13-,18?,22+;11-,15?,16?,20?/m1111/s1. The van der Waals surface area contributed by atoms with Gasteiger partial charge >= 0.3 is 48.6 Å². The van der Waals surface area contributed by atoms with E-state index < -0.39 is 161 Å². The lowest BCUT2D eigenvalue weighted by molar-refractivity contribution is -0.178. The summed E-state index contributed by atoms with van der Waals surface area (Å²) in [5.74, 6) is -26.9. The molecule has 12 rings (SSSR count). The molecule has 4 aliphatic rings. The van der Waals surface area contributed by atoms with Gasteiger partial charge in [0.05, 0.1) is 116 Å². The summed E-state index contributed by atoms with van der Waals surface area (Å²) in [6, 6.07) is 40.6. The molecule has 8 aromatic rings. The number of hydrogen-bond acceptors (Lipinski definition) is 8. The normalized spacial score (nSPS) is 18.1. The minimum Gasteiger partial charge on any atom is -0.481 e. The number of carbonyl (C=O) groups excluding carboxylic acids is 4. The van der Waals surface area contributed by atoms with Crippen LogP contribution < -0.4 is 21.3 Å². The SMILES string of the molecule is C[C@H](C(C(=O)Nc1cc(C(CC(=O)O)C2CC2(F)F)ccc1Cl)c1ccc(Cl)cc1)C(F)(F)F.C[C@H]([C@H](C(=O)Nc1cc(C(C)(CC(=O)O)C2CC2)ccc1Cl)c1ccc(Cl)cc1)C(F)(F)F.C[C@H]([C@H](C(=O)Nc1cc(C(C)(CC(=O)O)C2CCC2)ccc1Cl)c1ccc(Cl)cc1)C(F)(F)F.C[C@H]([C@H](C(=O)Nc1cc(C(CC(=O)O)C2CCC2)ccc1Cl)c1ccc(Cl)cc1)C(F)(F)F. The molecule has 16 nitrogen and oxygen atoms in total. The molecule has 4 fully saturated rings. The van der Waals surface area contributed by atoms with Crippen molar-refractivity contribution in [1.29, 1.82) is 0 Å². The van der Waals surface area contributed by atoms with Crippen molar-refractivity contribution in [3.05, 3.63) is 255 Å². The average molecular weight is 2050 g/mol. The maximum atomic E-state index is 13.7. The molecule has 38 heteroatoms. The van der Waals surface area contributed by atoms with E-state index in [9.17, 15) is 115 Å². The molecule has 0 spiro atoms. The van der Waals surface area contributed by atoms with Gasteiger partial charge in [0.15, 0.2) is 0 Å². The van der Waals surface area contributed by atoms with E-state index in [4.69, 9.17) is 97.9 Å². The molecule has 8 N–H and O–H groups in total. The Balaban J connectivity index is 0.000000201. The molecule has 0 heterocycles. The smallest absolute Gasteiger partial charge is 0.392 e. The van der Waals surface area contributed by atoms with Crippen LogP contribution >= 0.6 is 92.8 Å². The van der Waals surface area contributed by atoms with Crippen molar-refractivity contribution in [2.45, 2.75) is 202 Å². The number of carboxylic acids is 4. The maximum absolute atomic E-state index is 13.7. The zero-order valence-electron chi connectivity index (χ0n) is 72.3. The van der Waals surface area contributed by atoms with Crippen LogP contribution in [0.1, 0.15) is 205 Å². The van der Waals surface area contributed by atoms with E-state index in [1.165, 1.54) is 133 Å². The Bertz CT molecular complexity index is 5520. The minimum atomic E-state index is -4.70. The van der Waals surface area contributed by atoms with Crippen LogP contribution in [0.25, 0.3) is 0 Å². The van der Waals surface area contributed by atoms with Gasteiger partial charge in [0.2, 0.25) is 23.6 Å². The molecular weight excluding hydrogens is 1950 g/mol. The summed E-state index contributed by atoms with van der Waals surface area (Å²) in [5.41, 5.74) is 1.78. The summed E-state index contributed by atoms with van der Waals surface area (Å²) < 4.78 is 190. The Kier molecular flexibility index (Phi) is 36.4. The van der Waals surface area contributed by atoms with Crippen LogP contribution in [0.3, 0.4) is 0 Å². The lowest BCUT2D eigenvalue weighted by Crippen LogP contribution is -2.38. The average Bonchev–Trinajstić information content (AvgIpc) is 1.51. The van der Waals surface area contributed by atoms with E-state index in [2.05, 4.69) is 21.3 Å². The molecule has 4 amide bonds. The van der Waals surface area contributed by atoms with Crippen molar-refractivity contribution in [3.8, 4) is 0 Å². The molecular formula is C96H94Cl8F14N4O12. The Morgan fingerprint density at radius 2 is 0.582 bits per heavy atom. The molecule has 0 saturated heterocycles. The number of carbonyl (C=O) groups is 8. The van der Waals surface area contributed by atoms with Gasteiger partial charge in [0, 0.05) is 49.2 Å². The highest BCUT2D eigenvalue weighted by molar-refractivity contribution is 6.35. The summed E-state index contributed by atoms with van der Waals surface area (Å²) in [7, 11) is 0. The summed E-state index contributed by atoms with van der Waals surface area (Å²) >= 11 is 48.3. The van der Waals surface area contributed by atoms with Crippen molar-refractivity contribution < 1.29 is 120 Å².